The summed E-state index contributed by atoms with van der Waals surface area (Å²) in [6.45, 7) is 3.85. The number of aryl methyl sites for hydroxylation is 2. The van der Waals surface area contributed by atoms with Crippen LogP contribution in [-0.2, 0) is 4.79 Å². The van der Waals surface area contributed by atoms with Crippen LogP contribution in [0.15, 0.2) is 52.5 Å². The summed E-state index contributed by atoms with van der Waals surface area (Å²) in [6.07, 6.45) is 1.58. The molecule has 0 spiro atoms. The zero-order valence-electron chi connectivity index (χ0n) is 12.4. The summed E-state index contributed by atoms with van der Waals surface area (Å²) in [7, 11) is 0. The number of nitriles is 1. The van der Waals surface area contributed by atoms with E-state index in [9.17, 15) is 10.1 Å². The van der Waals surface area contributed by atoms with Gasteiger partial charge in [-0.05, 0) is 48.7 Å². The number of anilines is 1. The maximum Gasteiger partial charge on any atom is 0.266 e. The van der Waals surface area contributed by atoms with Crippen LogP contribution in [0.25, 0.3) is 6.08 Å². The van der Waals surface area contributed by atoms with Crippen LogP contribution >= 0.6 is 15.9 Å². The molecule has 2 aromatic rings. The third-order valence-corrected chi connectivity index (χ3v) is 3.74. The van der Waals surface area contributed by atoms with Gasteiger partial charge in [0.05, 0.1) is 0 Å². The Morgan fingerprint density at radius 1 is 1.18 bits per heavy atom. The molecule has 0 aliphatic rings. The van der Waals surface area contributed by atoms with Gasteiger partial charge in [0.1, 0.15) is 11.6 Å². The second-order valence-corrected chi connectivity index (χ2v) is 5.86. The number of nitrogens with zero attached hydrogens (tertiary/aromatic N) is 1. The molecule has 3 nitrogen and oxygen atoms in total. The number of carbonyl (C=O) groups is 1. The van der Waals surface area contributed by atoms with Crippen molar-refractivity contribution in [2.75, 3.05) is 5.32 Å². The topological polar surface area (TPSA) is 52.9 Å². The fourth-order valence-electron chi connectivity index (χ4n) is 2.10. The van der Waals surface area contributed by atoms with Gasteiger partial charge in [-0.3, -0.25) is 4.79 Å². The summed E-state index contributed by atoms with van der Waals surface area (Å²) >= 11 is 3.37. The third-order valence-electron chi connectivity index (χ3n) is 3.24. The van der Waals surface area contributed by atoms with Crippen molar-refractivity contribution in [3.63, 3.8) is 0 Å². The molecule has 1 amide bonds. The van der Waals surface area contributed by atoms with Crippen LogP contribution < -0.4 is 5.32 Å². The molecule has 110 valence electrons. The summed E-state index contributed by atoms with van der Waals surface area (Å²) < 4.78 is 0.897. The average Bonchev–Trinajstić information content (AvgIpc) is 2.48. The van der Waals surface area contributed by atoms with Crippen molar-refractivity contribution in [2.45, 2.75) is 13.8 Å². The van der Waals surface area contributed by atoms with E-state index < -0.39 is 5.91 Å². The first-order valence-corrected chi connectivity index (χ1v) is 7.55. The first-order valence-electron chi connectivity index (χ1n) is 6.76. The molecule has 4 heteroatoms. The maximum atomic E-state index is 12.3. The first kappa shape index (κ1) is 16.0. The van der Waals surface area contributed by atoms with Crippen LogP contribution in [0, 0.1) is 25.2 Å². The van der Waals surface area contributed by atoms with E-state index in [0.29, 0.717) is 0 Å². The molecule has 0 saturated heterocycles. The van der Waals surface area contributed by atoms with Crippen molar-refractivity contribution in [2.24, 2.45) is 0 Å². The molecule has 0 fully saturated rings. The highest BCUT2D eigenvalue weighted by molar-refractivity contribution is 9.10. The van der Waals surface area contributed by atoms with Crippen molar-refractivity contribution in [3.8, 4) is 6.07 Å². The van der Waals surface area contributed by atoms with Gasteiger partial charge < -0.3 is 5.32 Å². The number of benzene rings is 2. The van der Waals surface area contributed by atoms with E-state index in [-0.39, 0.29) is 5.57 Å². The number of halogens is 1. The van der Waals surface area contributed by atoms with Crippen molar-refractivity contribution in [1.29, 1.82) is 5.26 Å². The zero-order valence-corrected chi connectivity index (χ0v) is 13.9. The van der Waals surface area contributed by atoms with E-state index >= 15 is 0 Å². The molecule has 2 rings (SSSR count). The Bertz CT molecular complexity index is 768. The predicted octanol–water partition coefficient (Wildman–Crippen LogP) is 4.61. The lowest BCUT2D eigenvalue weighted by Gasteiger charge is -2.10. The standard InChI is InChI=1S/C18H15BrN2O/c1-12-5-3-6-13(2)17(12)21-18(22)15(11-20)9-14-7-4-8-16(19)10-14/h3-10H,1-2H3,(H,21,22)/b15-9+. The molecule has 0 atom stereocenters. The quantitative estimate of drug-likeness (QED) is 0.646. The number of nitrogens with one attached hydrogen (secondary N) is 1. The van der Waals surface area contributed by atoms with Crippen molar-refractivity contribution in [1.82, 2.24) is 0 Å². The normalized spacial score (nSPS) is 10.9. The van der Waals surface area contributed by atoms with Gasteiger partial charge in [-0.15, -0.1) is 0 Å². The summed E-state index contributed by atoms with van der Waals surface area (Å²) in [5, 5.41) is 12.1. The molecule has 2 aromatic carbocycles. The van der Waals surface area contributed by atoms with Crippen LogP contribution in [-0.4, -0.2) is 5.91 Å². The largest absolute Gasteiger partial charge is 0.321 e. The number of hydrogen-bond acceptors (Lipinski definition) is 2. The van der Waals surface area contributed by atoms with Gasteiger partial charge in [0.2, 0.25) is 0 Å². The van der Waals surface area contributed by atoms with Gasteiger partial charge in [-0.1, -0.05) is 46.3 Å². The van der Waals surface area contributed by atoms with Gasteiger partial charge in [0, 0.05) is 10.2 Å². The molecule has 0 saturated carbocycles. The minimum Gasteiger partial charge on any atom is -0.321 e. The molecule has 0 radical (unpaired) electrons. The van der Waals surface area contributed by atoms with Gasteiger partial charge in [0.25, 0.3) is 5.91 Å². The first-order chi connectivity index (χ1) is 10.5. The van der Waals surface area contributed by atoms with Crippen molar-refractivity contribution in [3.05, 3.63) is 69.2 Å². The Morgan fingerprint density at radius 3 is 2.41 bits per heavy atom. The van der Waals surface area contributed by atoms with Crippen LogP contribution in [0.1, 0.15) is 16.7 Å². The molecular formula is C18H15BrN2O. The molecule has 0 aliphatic carbocycles. The van der Waals surface area contributed by atoms with Gasteiger partial charge >= 0.3 is 0 Å². The van der Waals surface area contributed by atoms with E-state index in [4.69, 9.17) is 0 Å². The Labute approximate surface area is 138 Å². The SMILES string of the molecule is Cc1cccc(C)c1NC(=O)/C(C#N)=C/c1cccc(Br)c1. The molecule has 0 bridgehead atoms. The highest BCUT2D eigenvalue weighted by Gasteiger charge is 2.12. The summed E-state index contributed by atoms with van der Waals surface area (Å²) in [5.74, 6) is -0.403. The van der Waals surface area contributed by atoms with E-state index in [1.54, 1.807) is 6.08 Å². The lowest BCUT2D eigenvalue weighted by molar-refractivity contribution is -0.112. The molecular weight excluding hydrogens is 340 g/mol. The fourth-order valence-corrected chi connectivity index (χ4v) is 2.52. The smallest absolute Gasteiger partial charge is 0.266 e. The molecule has 0 aliphatic heterocycles. The fraction of sp³-hybridized carbons (Fsp3) is 0.111. The second kappa shape index (κ2) is 7.06. The molecule has 0 unspecified atom stereocenters. The van der Waals surface area contributed by atoms with Crippen LogP contribution in [0.3, 0.4) is 0 Å². The van der Waals surface area contributed by atoms with E-state index in [0.717, 1.165) is 26.9 Å². The number of hydrogen-bond donors (Lipinski definition) is 1. The van der Waals surface area contributed by atoms with Crippen LogP contribution in [0.2, 0.25) is 0 Å². The van der Waals surface area contributed by atoms with Gasteiger partial charge in [-0.25, -0.2) is 0 Å². The Balaban J connectivity index is 2.29. The van der Waals surface area contributed by atoms with E-state index in [1.165, 1.54) is 0 Å². The lowest BCUT2D eigenvalue weighted by Crippen LogP contribution is -2.15. The van der Waals surface area contributed by atoms with Crippen LogP contribution in [0.5, 0.6) is 0 Å². The Kier molecular flexibility index (Phi) is 5.13. The third kappa shape index (κ3) is 3.84. The van der Waals surface area contributed by atoms with Crippen LogP contribution in [0.4, 0.5) is 5.69 Å². The highest BCUT2D eigenvalue weighted by Crippen LogP contribution is 2.21. The number of rotatable bonds is 3. The lowest BCUT2D eigenvalue weighted by atomic mass is 10.1. The molecule has 0 heterocycles. The highest BCUT2D eigenvalue weighted by atomic mass is 79.9. The maximum absolute atomic E-state index is 12.3. The number of carbonyl (C=O) groups excluding carboxylic acids is 1. The number of amides is 1. The monoisotopic (exact) mass is 354 g/mol. The van der Waals surface area contributed by atoms with E-state index in [2.05, 4.69) is 21.2 Å². The van der Waals surface area contributed by atoms with E-state index in [1.807, 2.05) is 62.4 Å². The molecule has 22 heavy (non-hydrogen) atoms. The van der Waals surface area contributed by atoms with Crippen molar-refractivity contribution >= 4 is 33.6 Å². The summed E-state index contributed by atoms with van der Waals surface area (Å²) in [6, 6.07) is 15.2. The predicted molar refractivity (Wildman–Crippen MR) is 92.3 cm³/mol. The minimum atomic E-state index is -0.403. The number of para-hydroxylation sites is 1. The molecule has 1 N–H and O–H groups in total. The van der Waals surface area contributed by atoms with Gasteiger partial charge in [0.15, 0.2) is 0 Å². The molecule has 0 aromatic heterocycles. The summed E-state index contributed by atoms with van der Waals surface area (Å²) in [4.78, 5) is 12.3. The summed E-state index contributed by atoms with van der Waals surface area (Å²) in [5.41, 5.74) is 3.55. The average molecular weight is 355 g/mol. The Hall–Kier alpha value is -2.38. The second-order valence-electron chi connectivity index (χ2n) is 4.95. The zero-order chi connectivity index (χ0) is 16.1. The van der Waals surface area contributed by atoms with Crippen molar-refractivity contribution < 1.29 is 4.79 Å². The van der Waals surface area contributed by atoms with Gasteiger partial charge in [-0.2, -0.15) is 5.26 Å². The Morgan fingerprint density at radius 2 is 1.82 bits per heavy atom. The minimum absolute atomic E-state index is 0.0701.